The van der Waals surface area contributed by atoms with Gasteiger partial charge in [-0.3, -0.25) is 4.90 Å². The van der Waals surface area contributed by atoms with Crippen molar-refractivity contribution >= 4 is 5.69 Å². The van der Waals surface area contributed by atoms with Crippen molar-refractivity contribution in [2.75, 3.05) is 18.4 Å². The first-order valence-electron chi connectivity index (χ1n) is 7.90. The predicted octanol–water partition coefficient (Wildman–Crippen LogP) is 3.11. The third-order valence-corrected chi connectivity index (χ3v) is 4.21. The van der Waals surface area contributed by atoms with E-state index in [0.717, 1.165) is 19.6 Å². The molecule has 112 valence electrons. The zero-order chi connectivity index (χ0) is 14.5. The molecule has 1 fully saturated rings. The predicted molar refractivity (Wildman–Crippen MR) is 86.2 cm³/mol. The van der Waals surface area contributed by atoms with Crippen molar-refractivity contribution in [3.8, 4) is 0 Å². The maximum Gasteiger partial charge on any atom is 0.0948 e. The molecule has 4 nitrogen and oxygen atoms in total. The fourth-order valence-electron chi connectivity index (χ4n) is 2.98. The molecular formula is C17H24N4. The van der Waals surface area contributed by atoms with Gasteiger partial charge >= 0.3 is 0 Å². The zero-order valence-corrected chi connectivity index (χ0v) is 12.8. The summed E-state index contributed by atoms with van der Waals surface area (Å²) in [5.41, 5.74) is 3.86. The number of imidazole rings is 1. The maximum absolute atomic E-state index is 4.23. The van der Waals surface area contributed by atoms with Gasteiger partial charge in [0.15, 0.2) is 0 Å². The first kappa shape index (κ1) is 14.1. The molecule has 4 heteroatoms. The van der Waals surface area contributed by atoms with E-state index in [1.165, 1.54) is 42.9 Å². The molecule has 0 saturated carbocycles. The average Bonchev–Trinajstić information content (AvgIpc) is 3.17. The lowest BCUT2D eigenvalue weighted by Gasteiger charge is -2.18. The Morgan fingerprint density at radius 2 is 2.00 bits per heavy atom. The van der Waals surface area contributed by atoms with Crippen LogP contribution in [0.2, 0.25) is 0 Å². The van der Waals surface area contributed by atoms with Crippen molar-refractivity contribution in [1.82, 2.24) is 14.5 Å². The van der Waals surface area contributed by atoms with Crippen LogP contribution in [0.5, 0.6) is 0 Å². The molecule has 0 atom stereocenters. The van der Waals surface area contributed by atoms with E-state index in [-0.39, 0.29) is 0 Å². The summed E-state index contributed by atoms with van der Waals surface area (Å²) in [6.45, 7) is 7.45. The first-order chi connectivity index (χ1) is 10.4. The number of benzene rings is 1. The lowest BCUT2D eigenvalue weighted by molar-refractivity contribution is 0.332. The molecule has 3 rings (SSSR count). The van der Waals surface area contributed by atoms with Crippen molar-refractivity contribution in [2.24, 2.45) is 0 Å². The second-order valence-corrected chi connectivity index (χ2v) is 5.66. The average molecular weight is 284 g/mol. The molecule has 1 aliphatic rings. The van der Waals surface area contributed by atoms with Crippen LogP contribution in [0.1, 0.15) is 31.0 Å². The summed E-state index contributed by atoms with van der Waals surface area (Å²) in [6, 6.07) is 8.65. The zero-order valence-electron chi connectivity index (χ0n) is 12.8. The number of rotatable bonds is 6. The van der Waals surface area contributed by atoms with Crippen LogP contribution in [-0.2, 0) is 19.6 Å². The summed E-state index contributed by atoms with van der Waals surface area (Å²) in [5.74, 6) is 0. The SMILES string of the molecule is CCn1cncc1CNc1ccccc1CN1CCCC1. The Labute approximate surface area is 126 Å². The summed E-state index contributed by atoms with van der Waals surface area (Å²) in [4.78, 5) is 6.76. The number of hydrogen-bond acceptors (Lipinski definition) is 3. The van der Waals surface area contributed by atoms with Gasteiger partial charge in [-0.1, -0.05) is 18.2 Å². The van der Waals surface area contributed by atoms with Crippen LogP contribution in [-0.4, -0.2) is 27.5 Å². The minimum absolute atomic E-state index is 0.824. The van der Waals surface area contributed by atoms with Gasteiger partial charge in [0.05, 0.1) is 18.6 Å². The fourth-order valence-corrected chi connectivity index (χ4v) is 2.98. The molecular weight excluding hydrogens is 260 g/mol. The third-order valence-electron chi connectivity index (χ3n) is 4.21. The molecule has 1 aromatic carbocycles. The Morgan fingerprint density at radius 3 is 2.81 bits per heavy atom. The van der Waals surface area contributed by atoms with Crippen molar-refractivity contribution in [1.29, 1.82) is 0 Å². The monoisotopic (exact) mass is 284 g/mol. The van der Waals surface area contributed by atoms with Crippen LogP contribution >= 0.6 is 0 Å². The largest absolute Gasteiger partial charge is 0.379 e. The smallest absolute Gasteiger partial charge is 0.0948 e. The molecule has 2 heterocycles. The number of aryl methyl sites for hydroxylation is 1. The Morgan fingerprint density at radius 1 is 1.19 bits per heavy atom. The van der Waals surface area contributed by atoms with Gasteiger partial charge in [0, 0.05) is 25.0 Å². The second-order valence-electron chi connectivity index (χ2n) is 5.66. The van der Waals surface area contributed by atoms with E-state index in [1.54, 1.807) is 0 Å². The molecule has 0 unspecified atom stereocenters. The van der Waals surface area contributed by atoms with Crippen LogP contribution in [0, 0.1) is 0 Å². The molecule has 0 aliphatic carbocycles. The highest BCUT2D eigenvalue weighted by atomic mass is 15.1. The van der Waals surface area contributed by atoms with Gasteiger partial charge in [-0.2, -0.15) is 0 Å². The van der Waals surface area contributed by atoms with Crippen LogP contribution in [0.4, 0.5) is 5.69 Å². The van der Waals surface area contributed by atoms with Gasteiger partial charge in [0.1, 0.15) is 0 Å². The van der Waals surface area contributed by atoms with Crippen LogP contribution in [0.3, 0.4) is 0 Å². The van der Waals surface area contributed by atoms with Gasteiger partial charge in [0.25, 0.3) is 0 Å². The number of nitrogens with zero attached hydrogens (tertiary/aromatic N) is 3. The molecule has 0 spiro atoms. The van der Waals surface area contributed by atoms with E-state index in [0.29, 0.717) is 0 Å². The van der Waals surface area contributed by atoms with Crippen molar-refractivity contribution < 1.29 is 0 Å². The van der Waals surface area contributed by atoms with Gasteiger partial charge < -0.3 is 9.88 Å². The Kier molecular flexibility index (Phi) is 4.55. The quantitative estimate of drug-likeness (QED) is 0.885. The highest BCUT2D eigenvalue weighted by Gasteiger charge is 2.13. The van der Waals surface area contributed by atoms with E-state index >= 15 is 0 Å². The standard InChI is InChI=1S/C17H24N4/c1-2-21-14-18-11-16(21)12-19-17-8-4-3-7-15(17)13-20-9-5-6-10-20/h3-4,7-8,11,14,19H,2,5-6,9-10,12-13H2,1H3. The van der Waals surface area contributed by atoms with Gasteiger partial charge in [-0.25, -0.2) is 4.98 Å². The fraction of sp³-hybridized carbons (Fsp3) is 0.471. The van der Waals surface area contributed by atoms with E-state index < -0.39 is 0 Å². The second kappa shape index (κ2) is 6.76. The van der Waals surface area contributed by atoms with Crippen molar-refractivity contribution in [2.45, 2.75) is 39.4 Å². The lowest BCUT2D eigenvalue weighted by atomic mass is 10.1. The first-order valence-corrected chi connectivity index (χ1v) is 7.90. The lowest BCUT2D eigenvalue weighted by Crippen LogP contribution is -2.19. The van der Waals surface area contributed by atoms with E-state index in [2.05, 4.69) is 51.0 Å². The topological polar surface area (TPSA) is 33.1 Å². The van der Waals surface area contributed by atoms with E-state index in [4.69, 9.17) is 0 Å². The van der Waals surface area contributed by atoms with Crippen LogP contribution in [0.25, 0.3) is 0 Å². The molecule has 1 aromatic heterocycles. The number of anilines is 1. The number of hydrogen-bond donors (Lipinski definition) is 1. The van der Waals surface area contributed by atoms with Crippen LogP contribution in [0.15, 0.2) is 36.8 Å². The van der Waals surface area contributed by atoms with Gasteiger partial charge in [-0.15, -0.1) is 0 Å². The molecule has 0 radical (unpaired) electrons. The highest BCUT2D eigenvalue weighted by Crippen LogP contribution is 2.20. The molecule has 2 aromatic rings. The summed E-state index contributed by atoms with van der Waals surface area (Å²) in [7, 11) is 0. The Hall–Kier alpha value is -1.81. The van der Waals surface area contributed by atoms with Crippen LogP contribution < -0.4 is 5.32 Å². The van der Waals surface area contributed by atoms with E-state index in [9.17, 15) is 0 Å². The summed E-state index contributed by atoms with van der Waals surface area (Å²) < 4.78 is 2.18. The summed E-state index contributed by atoms with van der Waals surface area (Å²) in [6.07, 6.45) is 6.52. The minimum Gasteiger partial charge on any atom is -0.379 e. The molecule has 1 aliphatic heterocycles. The number of aromatic nitrogens is 2. The Bertz CT molecular complexity index is 570. The van der Waals surface area contributed by atoms with Crippen molar-refractivity contribution in [3.63, 3.8) is 0 Å². The number of para-hydroxylation sites is 1. The van der Waals surface area contributed by atoms with Gasteiger partial charge in [0.2, 0.25) is 0 Å². The molecule has 21 heavy (non-hydrogen) atoms. The maximum atomic E-state index is 4.23. The molecule has 1 saturated heterocycles. The number of likely N-dealkylation sites (tertiary alicyclic amines) is 1. The normalized spacial score (nSPS) is 15.5. The minimum atomic E-state index is 0.824. The van der Waals surface area contributed by atoms with Crippen molar-refractivity contribution in [3.05, 3.63) is 48.0 Å². The third kappa shape index (κ3) is 3.45. The molecule has 0 amide bonds. The number of nitrogens with one attached hydrogen (secondary N) is 1. The Balaban J connectivity index is 1.67. The summed E-state index contributed by atoms with van der Waals surface area (Å²) in [5, 5.41) is 3.58. The molecule has 0 bridgehead atoms. The summed E-state index contributed by atoms with van der Waals surface area (Å²) >= 11 is 0. The molecule has 1 N–H and O–H groups in total. The van der Waals surface area contributed by atoms with E-state index in [1.807, 2.05) is 12.5 Å². The highest BCUT2D eigenvalue weighted by molar-refractivity contribution is 5.51. The van der Waals surface area contributed by atoms with Gasteiger partial charge in [-0.05, 0) is 44.5 Å².